The van der Waals surface area contributed by atoms with E-state index in [4.69, 9.17) is 32.7 Å². The maximum Gasteiger partial charge on any atom is 0.387 e. The number of esters is 1. The maximum atomic E-state index is 12.4. The molecule has 0 saturated heterocycles. The monoisotopic (exact) mass is 487 g/mol. The van der Waals surface area contributed by atoms with Gasteiger partial charge >= 0.3 is 12.6 Å². The Morgan fingerprint density at radius 3 is 2.41 bits per heavy atom. The van der Waals surface area contributed by atoms with Crippen molar-refractivity contribution in [3.05, 3.63) is 63.6 Å². The van der Waals surface area contributed by atoms with Gasteiger partial charge < -0.3 is 19.5 Å². The van der Waals surface area contributed by atoms with Crippen LogP contribution >= 0.6 is 23.2 Å². The van der Waals surface area contributed by atoms with E-state index in [1.54, 1.807) is 25.1 Å². The van der Waals surface area contributed by atoms with Crippen LogP contribution < -0.4 is 14.8 Å². The zero-order valence-electron chi connectivity index (χ0n) is 17.4. The maximum absolute atomic E-state index is 12.4. The van der Waals surface area contributed by atoms with E-state index in [0.29, 0.717) is 21.2 Å². The van der Waals surface area contributed by atoms with E-state index < -0.39 is 30.6 Å². The van der Waals surface area contributed by atoms with E-state index >= 15 is 0 Å². The van der Waals surface area contributed by atoms with Crippen LogP contribution in [0, 0.1) is 0 Å². The summed E-state index contributed by atoms with van der Waals surface area (Å²) >= 11 is 12.0. The highest BCUT2D eigenvalue weighted by Gasteiger charge is 2.20. The molecule has 32 heavy (non-hydrogen) atoms. The van der Waals surface area contributed by atoms with Crippen LogP contribution in [0.3, 0.4) is 0 Å². The van der Waals surface area contributed by atoms with Crippen molar-refractivity contribution in [1.29, 1.82) is 0 Å². The number of ether oxygens (including phenoxy) is 3. The van der Waals surface area contributed by atoms with Crippen molar-refractivity contribution in [2.75, 3.05) is 7.11 Å². The lowest BCUT2D eigenvalue weighted by molar-refractivity contribution is -0.150. The molecule has 2 rings (SSSR count). The summed E-state index contributed by atoms with van der Waals surface area (Å²) in [6, 6.07) is 8.63. The normalized spacial score (nSPS) is 13.0. The third-order valence-corrected chi connectivity index (χ3v) is 4.83. The van der Waals surface area contributed by atoms with E-state index in [-0.39, 0.29) is 11.5 Å². The summed E-state index contributed by atoms with van der Waals surface area (Å²) in [4.78, 5) is 24.4. The Hall–Kier alpha value is -2.84. The highest BCUT2D eigenvalue weighted by atomic mass is 35.5. The SMILES string of the molecule is COc1cc(/C=C/C(=O)O[C@@H](C)C(=O)N[C@H](C)c2ccc(Cl)cc2Cl)ccc1OC(F)F. The predicted octanol–water partition coefficient (Wildman–Crippen LogP) is 5.43. The van der Waals surface area contributed by atoms with Crippen molar-refractivity contribution >= 4 is 41.2 Å². The first-order chi connectivity index (χ1) is 15.1. The second kappa shape index (κ2) is 11.7. The van der Waals surface area contributed by atoms with Crippen LogP contribution in [0.2, 0.25) is 10.0 Å². The van der Waals surface area contributed by atoms with Gasteiger partial charge in [-0.05, 0) is 55.3 Å². The zero-order chi connectivity index (χ0) is 23.8. The predicted molar refractivity (Wildman–Crippen MR) is 117 cm³/mol. The number of benzene rings is 2. The summed E-state index contributed by atoms with van der Waals surface area (Å²) in [5, 5.41) is 3.59. The van der Waals surface area contributed by atoms with Gasteiger partial charge in [0.05, 0.1) is 13.2 Å². The van der Waals surface area contributed by atoms with E-state index in [1.807, 2.05) is 0 Å². The number of alkyl halides is 2. The van der Waals surface area contributed by atoms with Gasteiger partial charge in [-0.25, -0.2) is 4.79 Å². The number of nitrogens with one attached hydrogen (secondary N) is 1. The molecular weight excluding hydrogens is 467 g/mol. The fourth-order valence-corrected chi connectivity index (χ4v) is 3.25. The molecule has 0 bridgehead atoms. The van der Waals surface area contributed by atoms with Gasteiger partial charge in [-0.3, -0.25) is 4.79 Å². The largest absolute Gasteiger partial charge is 0.493 e. The highest BCUT2D eigenvalue weighted by Crippen LogP contribution is 2.30. The number of hydrogen-bond donors (Lipinski definition) is 1. The van der Waals surface area contributed by atoms with Crippen molar-refractivity contribution in [2.24, 2.45) is 0 Å². The topological polar surface area (TPSA) is 73.9 Å². The minimum atomic E-state index is -2.99. The van der Waals surface area contributed by atoms with Gasteiger partial charge in [0.1, 0.15) is 0 Å². The molecule has 0 aliphatic heterocycles. The number of carbonyl (C=O) groups is 2. The summed E-state index contributed by atoms with van der Waals surface area (Å²) in [5.74, 6) is -1.34. The van der Waals surface area contributed by atoms with Crippen LogP contribution in [0.15, 0.2) is 42.5 Å². The van der Waals surface area contributed by atoms with Gasteiger partial charge in [-0.1, -0.05) is 35.3 Å². The third kappa shape index (κ3) is 7.39. The number of halogens is 4. The lowest BCUT2D eigenvalue weighted by atomic mass is 10.1. The Morgan fingerprint density at radius 1 is 1.06 bits per heavy atom. The molecule has 0 saturated carbocycles. The first kappa shape index (κ1) is 25.4. The number of amides is 1. The summed E-state index contributed by atoms with van der Waals surface area (Å²) in [6.45, 7) is 0.166. The summed E-state index contributed by atoms with van der Waals surface area (Å²) in [5.41, 5.74) is 1.14. The Labute approximate surface area is 194 Å². The molecule has 0 radical (unpaired) electrons. The number of carbonyl (C=O) groups excluding carboxylic acids is 2. The molecule has 0 aromatic heterocycles. The van der Waals surface area contributed by atoms with Crippen LogP contribution in [0.25, 0.3) is 6.08 Å². The molecular formula is C22H21Cl2F2NO5. The molecule has 172 valence electrons. The van der Waals surface area contributed by atoms with Crippen LogP contribution in [-0.4, -0.2) is 31.7 Å². The Balaban J connectivity index is 1.95. The first-order valence-electron chi connectivity index (χ1n) is 9.37. The zero-order valence-corrected chi connectivity index (χ0v) is 18.9. The van der Waals surface area contributed by atoms with Crippen LogP contribution in [-0.2, 0) is 14.3 Å². The lowest BCUT2D eigenvalue weighted by Crippen LogP contribution is -2.37. The van der Waals surface area contributed by atoms with Crippen LogP contribution in [0.1, 0.15) is 31.0 Å². The van der Waals surface area contributed by atoms with Gasteiger partial charge in [0.2, 0.25) is 0 Å². The second-order valence-corrected chi connectivity index (χ2v) is 7.44. The smallest absolute Gasteiger partial charge is 0.387 e. The van der Waals surface area contributed by atoms with Crippen LogP contribution in [0.5, 0.6) is 11.5 Å². The summed E-state index contributed by atoms with van der Waals surface area (Å²) in [6.07, 6.45) is 1.42. The van der Waals surface area contributed by atoms with Gasteiger partial charge in [-0.2, -0.15) is 8.78 Å². The average Bonchev–Trinajstić information content (AvgIpc) is 2.72. The van der Waals surface area contributed by atoms with E-state index in [0.717, 1.165) is 6.08 Å². The van der Waals surface area contributed by atoms with E-state index in [9.17, 15) is 18.4 Å². The molecule has 0 spiro atoms. The molecule has 0 unspecified atom stereocenters. The van der Waals surface area contributed by atoms with Gasteiger partial charge in [0, 0.05) is 16.1 Å². The Bertz CT molecular complexity index is 1000. The molecule has 1 N–H and O–H groups in total. The molecule has 0 aliphatic carbocycles. The molecule has 6 nitrogen and oxygen atoms in total. The number of rotatable bonds is 9. The average molecular weight is 488 g/mol. The highest BCUT2D eigenvalue weighted by molar-refractivity contribution is 6.35. The molecule has 0 fully saturated rings. The van der Waals surface area contributed by atoms with Crippen LogP contribution in [0.4, 0.5) is 8.78 Å². The van der Waals surface area contributed by atoms with Crippen molar-refractivity contribution < 1.29 is 32.6 Å². The van der Waals surface area contributed by atoms with E-state index in [2.05, 4.69) is 10.1 Å². The number of hydrogen-bond acceptors (Lipinski definition) is 5. The molecule has 0 heterocycles. The second-order valence-electron chi connectivity index (χ2n) is 6.60. The third-order valence-electron chi connectivity index (χ3n) is 4.27. The van der Waals surface area contributed by atoms with E-state index in [1.165, 1.54) is 38.3 Å². The quantitative estimate of drug-likeness (QED) is 0.377. The molecule has 2 aromatic rings. The minimum Gasteiger partial charge on any atom is -0.493 e. The Kier molecular flexibility index (Phi) is 9.28. The fraction of sp³-hybridized carbons (Fsp3) is 0.273. The Morgan fingerprint density at radius 2 is 1.78 bits per heavy atom. The van der Waals surface area contributed by atoms with Gasteiger partial charge in [-0.15, -0.1) is 0 Å². The van der Waals surface area contributed by atoms with Crippen molar-refractivity contribution in [3.63, 3.8) is 0 Å². The summed E-state index contributed by atoms with van der Waals surface area (Å²) in [7, 11) is 1.30. The molecule has 1 amide bonds. The lowest BCUT2D eigenvalue weighted by Gasteiger charge is -2.19. The van der Waals surface area contributed by atoms with Crippen molar-refractivity contribution in [2.45, 2.75) is 32.6 Å². The van der Waals surface area contributed by atoms with Crippen molar-refractivity contribution in [3.8, 4) is 11.5 Å². The molecule has 10 heteroatoms. The minimum absolute atomic E-state index is 0.0726. The van der Waals surface area contributed by atoms with Gasteiger partial charge in [0.15, 0.2) is 17.6 Å². The summed E-state index contributed by atoms with van der Waals surface area (Å²) < 4.78 is 39.2. The number of methoxy groups -OCH3 is 1. The first-order valence-corrected chi connectivity index (χ1v) is 10.1. The fourth-order valence-electron chi connectivity index (χ4n) is 2.67. The molecule has 2 aromatic carbocycles. The molecule has 0 aliphatic rings. The van der Waals surface area contributed by atoms with Crippen molar-refractivity contribution in [1.82, 2.24) is 5.32 Å². The van der Waals surface area contributed by atoms with Gasteiger partial charge in [0.25, 0.3) is 5.91 Å². The standard InChI is InChI=1S/C22H21Cl2F2NO5/c1-12(16-7-6-15(23)11-17(16)24)27-21(29)13(2)31-20(28)9-5-14-4-8-18(32-22(25)26)19(10-14)30-3/h4-13,22H,1-3H3,(H,27,29)/b9-5+/t12-,13+/m1/s1. The molecule has 2 atom stereocenters.